The van der Waals surface area contributed by atoms with Crippen molar-refractivity contribution >= 4 is 23.5 Å². The van der Waals surface area contributed by atoms with Crippen LogP contribution in [-0.4, -0.2) is 30.2 Å². The van der Waals surface area contributed by atoms with Gasteiger partial charge in [-0.1, -0.05) is 37.3 Å². The molecule has 0 aliphatic carbocycles. The highest BCUT2D eigenvalue weighted by Crippen LogP contribution is 2.15. The van der Waals surface area contributed by atoms with Crippen LogP contribution in [0.5, 0.6) is 0 Å². The Kier molecular flexibility index (Phi) is 7.49. The minimum atomic E-state index is -0.499. The molecule has 0 aliphatic rings. The Morgan fingerprint density at radius 2 is 1.54 bits per heavy atom. The number of hydrogen-bond donors (Lipinski definition) is 2. The van der Waals surface area contributed by atoms with E-state index in [4.69, 9.17) is 4.74 Å². The highest BCUT2D eigenvalue weighted by atomic mass is 16.5. The van der Waals surface area contributed by atoms with E-state index < -0.39 is 6.09 Å². The molecule has 0 aliphatic heterocycles. The summed E-state index contributed by atoms with van der Waals surface area (Å²) in [5.74, 6) is 0. The minimum Gasteiger partial charge on any atom is -0.450 e. The highest BCUT2D eigenvalue weighted by molar-refractivity contribution is 5.90. The molecule has 0 atom stereocenters. The maximum Gasteiger partial charge on any atom is 0.411 e. The summed E-state index contributed by atoms with van der Waals surface area (Å²) in [5.41, 5.74) is 2.36. The van der Waals surface area contributed by atoms with Crippen LogP contribution < -0.4 is 10.6 Å². The minimum absolute atomic E-state index is 0.151. The van der Waals surface area contributed by atoms with Gasteiger partial charge in [-0.05, 0) is 43.2 Å². The van der Waals surface area contributed by atoms with Crippen LogP contribution >= 0.6 is 0 Å². The molecule has 0 fully saturated rings. The van der Waals surface area contributed by atoms with E-state index >= 15 is 0 Å². The number of amides is 3. The van der Waals surface area contributed by atoms with Gasteiger partial charge in [-0.3, -0.25) is 5.32 Å². The molecule has 3 amide bonds. The number of urea groups is 1. The lowest BCUT2D eigenvalue weighted by atomic mass is 10.2. The van der Waals surface area contributed by atoms with Crippen LogP contribution in [-0.2, 0) is 11.3 Å². The summed E-state index contributed by atoms with van der Waals surface area (Å²) >= 11 is 0. The Morgan fingerprint density at radius 1 is 0.923 bits per heavy atom. The van der Waals surface area contributed by atoms with Crippen LogP contribution in [0.25, 0.3) is 0 Å². The van der Waals surface area contributed by atoms with E-state index in [-0.39, 0.29) is 6.03 Å². The maximum atomic E-state index is 12.6. The molecule has 0 radical (unpaired) electrons. The molecule has 0 saturated carbocycles. The molecule has 0 spiro atoms. The second kappa shape index (κ2) is 10.1. The molecule has 138 valence electrons. The molecule has 26 heavy (non-hydrogen) atoms. The van der Waals surface area contributed by atoms with Gasteiger partial charge in [-0.15, -0.1) is 0 Å². The first-order valence-corrected chi connectivity index (χ1v) is 8.76. The fourth-order valence-electron chi connectivity index (χ4n) is 2.45. The monoisotopic (exact) mass is 355 g/mol. The molecule has 6 nitrogen and oxygen atoms in total. The third kappa shape index (κ3) is 6.12. The Labute approximate surface area is 154 Å². The summed E-state index contributed by atoms with van der Waals surface area (Å²) in [7, 11) is 0. The molecule has 6 heteroatoms. The lowest BCUT2D eigenvalue weighted by Crippen LogP contribution is -2.35. The molecular weight excluding hydrogens is 330 g/mol. The number of nitrogens with zero attached hydrogens (tertiary/aromatic N) is 1. The predicted octanol–water partition coefficient (Wildman–Crippen LogP) is 4.70. The van der Waals surface area contributed by atoms with Gasteiger partial charge in [0.15, 0.2) is 0 Å². The average molecular weight is 355 g/mol. The van der Waals surface area contributed by atoms with Crippen molar-refractivity contribution in [1.82, 2.24) is 4.90 Å². The van der Waals surface area contributed by atoms with Gasteiger partial charge >= 0.3 is 12.1 Å². The van der Waals surface area contributed by atoms with Crippen LogP contribution in [0.1, 0.15) is 25.8 Å². The van der Waals surface area contributed by atoms with Crippen molar-refractivity contribution in [1.29, 1.82) is 0 Å². The second-order valence-corrected chi connectivity index (χ2v) is 5.76. The predicted molar refractivity (Wildman–Crippen MR) is 103 cm³/mol. The first-order valence-electron chi connectivity index (χ1n) is 8.76. The Balaban J connectivity index is 1.96. The van der Waals surface area contributed by atoms with Crippen LogP contribution in [0.2, 0.25) is 0 Å². The van der Waals surface area contributed by atoms with Crippen molar-refractivity contribution in [2.75, 3.05) is 23.8 Å². The lowest BCUT2D eigenvalue weighted by molar-refractivity contribution is 0.168. The number of rotatable bonds is 7. The molecular formula is C20H25N3O3. The van der Waals surface area contributed by atoms with Gasteiger partial charge in [-0.25, -0.2) is 9.59 Å². The largest absolute Gasteiger partial charge is 0.450 e. The van der Waals surface area contributed by atoms with Crippen LogP contribution in [0, 0.1) is 0 Å². The van der Waals surface area contributed by atoms with Gasteiger partial charge in [0.1, 0.15) is 0 Å². The first-order chi connectivity index (χ1) is 12.6. The molecule has 0 unspecified atom stereocenters. The Morgan fingerprint density at radius 3 is 2.12 bits per heavy atom. The molecule has 0 heterocycles. The SMILES string of the molecule is CCCN(Cc1ccccc1)C(=O)Nc1ccc(NC(=O)OCC)cc1. The normalized spacial score (nSPS) is 10.1. The maximum absolute atomic E-state index is 12.6. The quantitative estimate of drug-likeness (QED) is 0.756. The lowest BCUT2D eigenvalue weighted by Gasteiger charge is -2.22. The van der Waals surface area contributed by atoms with Gasteiger partial charge in [0.25, 0.3) is 0 Å². The second-order valence-electron chi connectivity index (χ2n) is 5.76. The Bertz CT molecular complexity index is 702. The number of carbonyl (C=O) groups excluding carboxylic acids is 2. The standard InChI is InChI=1S/C20H25N3O3/c1-3-14-23(15-16-8-6-5-7-9-16)19(24)21-17-10-12-18(13-11-17)22-20(25)26-4-2/h5-13H,3-4,14-15H2,1-2H3,(H,21,24)(H,22,25). The number of benzene rings is 2. The van der Waals surface area contributed by atoms with Crippen molar-refractivity contribution < 1.29 is 14.3 Å². The van der Waals surface area contributed by atoms with Crippen LogP contribution in [0.3, 0.4) is 0 Å². The molecule has 0 saturated heterocycles. The third-order valence-electron chi connectivity index (χ3n) is 3.65. The fraction of sp³-hybridized carbons (Fsp3) is 0.300. The number of ether oxygens (including phenoxy) is 1. The smallest absolute Gasteiger partial charge is 0.411 e. The average Bonchev–Trinajstić information content (AvgIpc) is 2.64. The molecule has 2 aromatic rings. The third-order valence-corrected chi connectivity index (χ3v) is 3.65. The summed E-state index contributed by atoms with van der Waals surface area (Å²) in [5, 5.41) is 5.51. The fourth-order valence-corrected chi connectivity index (χ4v) is 2.45. The zero-order valence-electron chi connectivity index (χ0n) is 15.2. The van der Waals surface area contributed by atoms with Gasteiger partial charge in [0.2, 0.25) is 0 Å². The topological polar surface area (TPSA) is 70.7 Å². The van der Waals surface area contributed by atoms with Crippen molar-refractivity contribution in [3.8, 4) is 0 Å². The van der Waals surface area contributed by atoms with Gasteiger partial charge < -0.3 is 15.0 Å². The number of nitrogens with one attached hydrogen (secondary N) is 2. The summed E-state index contributed by atoms with van der Waals surface area (Å²) < 4.78 is 4.83. The molecule has 2 N–H and O–H groups in total. The zero-order chi connectivity index (χ0) is 18.8. The molecule has 0 aromatic heterocycles. The van der Waals surface area contributed by atoms with Crippen molar-refractivity contribution in [3.05, 3.63) is 60.2 Å². The highest BCUT2D eigenvalue weighted by Gasteiger charge is 2.13. The summed E-state index contributed by atoms with van der Waals surface area (Å²) in [4.78, 5) is 25.8. The summed E-state index contributed by atoms with van der Waals surface area (Å²) in [6.07, 6.45) is 0.379. The van der Waals surface area contributed by atoms with E-state index in [0.717, 1.165) is 12.0 Å². The summed E-state index contributed by atoms with van der Waals surface area (Å²) in [6, 6.07) is 16.7. The van der Waals surface area contributed by atoms with Crippen LogP contribution in [0.4, 0.5) is 21.0 Å². The number of hydrogen-bond acceptors (Lipinski definition) is 3. The van der Waals surface area contributed by atoms with E-state index in [9.17, 15) is 9.59 Å². The Hall–Kier alpha value is -3.02. The molecule has 2 aromatic carbocycles. The van der Waals surface area contributed by atoms with E-state index in [1.54, 1.807) is 36.1 Å². The first kappa shape index (κ1) is 19.3. The van der Waals surface area contributed by atoms with Gasteiger partial charge in [0, 0.05) is 24.5 Å². The van der Waals surface area contributed by atoms with Crippen molar-refractivity contribution in [2.45, 2.75) is 26.8 Å². The van der Waals surface area contributed by atoms with Crippen molar-refractivity contribution in [2.24, 2.45) is 0 Å². The van der Waals surface area contributed by atoms with E-state index in [1.807, 2.05) is 37.3 Å². The number of carbonyl (C=O) groups is 2. The van der Waals surface area contributed by atoms with E-state index in [0.29, 0.717) is 31.1 Å². The molecule has 2 rings (SSSR count). The summed E-state index contributed by atoms with van der Waals surface area (Å²) in [6.45, 7) is 5.33. The van der Waals surface area contributed by atoms with Crippen molar-refractivity contribution in [3.63, 3.8) is 0 Å². The van der Waals surface area contributed by atoms with Crippen LogP contribution in [0.15, 0.2) is 54.6 Å². The molecule has 0 bridgehead atoms. The van der Waals surface area contributed by atoms with Gasteiger partial charge in [-0.2, -0.15) is 0 Å². The zero-order valence-corrected chi connectivity index (χ0v) is 15.2. The van der Waals surface area contributed by atoms with Gasteiger partial charge in [0.05, 0.1) is 6.61 Å². The number of anilines is 2. The van der Waals surface area contributed by atoms with E-state index in [2.05, 4.69) is 10.6 Å². The van der Waals surface area contributed by atoms with E-state index in [1.165, 1.54) is 0 Å².